The number of hydrogen-bond donors (Lipinski definition) is 0. The van der Waals surface area contributed by atoms with E-state index in [4.69, 9.17) is 0 Å². The van der Waals surface area contributed by atoms with Crippen LogP contribution < -0.4 is 0 Å². The lowest BCUT2D eigenvalue weighted by Gasteiger charge is -2.61. The third-order valence-corrected chi connectivity index (χ3v) is 7.49. The molecule has 1 fully saturated rings. The molecule has 0 bridgehead atoms. The van der Waals surface area contributed by atoms with E-state index in [-0.39, 0.29) is 5.54 Å². The molecule has 2 atom stereocenters. The number of likely N-dealkylation sites (tertiary alicyclic amines) is 1. The van der Waals surface area contributed by atoms with Crippen LogP contribution in [0, 0.1) is 22.2 Å². The summed E-state index contributed by atoms with van der Waals surface area (Å²) >= 11 is 0. The molecule has 0 aliphatic carbocycles. The summed E-state index contributed by atoms with van der Waals surface area (Å²) in [6, 6.07) is 0. The standard InChI is InChI=1S/C24H50N/c1-20(2,3)17-23(9,10)25(13)15-14-19(21(4,5)6)16-22(7,8)18-24(25,11)12/h19H,14-18H2,1-13H3/q+1. The lowest BCUT2D eigenvalue weighted by molar-refractivity contribution is -1.00. The van der Waals surface area contributed by atoms with Gasteiger partial charge >= 0.3 is 0 Å². The molecule has 0 spiro atoms. The SMILES string of the molecule is CC(C)(C)CC(C)(C)[N+]1(C)CCC(C(C)(C)C)CC(C)(C)CC1(C)C. The Balaban J connectivity index is 3.35. The van der Waals surface area contributed by atoms with Crippen molar-refractivity contribution in [1.29, 1.82) is 0 Å². The molecule has 1 nitrogen and oxygen atoms in total. The van der Waals surface area contributed by atoms with Gasteiger partial charge in [0.25, 0.3) is 0 Å². The highest BCUT2D eigenvalue weighted by molar-refractivity contribution is 4.92. The van der Waals surface area contributed by atoms with Gasteiger partial charge in [0.15, 0.2) is 0 Å². The molecular formula is C24H50N+. The van der Waals surface area contributed by atoms with Gasteiger partial charge in [-0.2, -0.15) is 0 Å². The predicted molar refractivity (Wildman–Crippen MR) is 114 cm³/mol. The molecule has 0 radical (unpaired) electrons. The maximum absolute atomic E-state index is 2.56. The summed E-state index contributed by atoms with van der Waals surface area (Å²) in [7, 11) is 2.56. The van der Waals surface area contributed by atoms with Gasteiger partial charge < -0.3 is 4.48 Å². The Morgan fingerprint density at radius 3 is 1.76 bits per heavy atom. The molecule has 1 aliphatic heterocycles. The van der Waals surface area contributed by atoms with Gasteiger partial charge in [0.2, 0.25) is 0 Å². The topological polar surface area (TPSA) is 0 Å². The highest BCUT2D eigenvalue weighted by Crippen LogP contribution is 2.51. The van der Waals surface area contributed by atoms with Crippen molar-refractivity contribution in [2.75, 3.05) is 13.6 Å². The summed E-state index contributed by atoms with van der Waals surface area (Å²) in [5, 5.41) is 0. The lowest BCUT2D eigenvalue weighted by Crippen LogP contribution is -2.71. The van der Waals surface area contributed by atoms with E-state index in [1.54, 1.807) is 0 Å². The summed E-state index contributed by atoms with van der Waals surface area (Å²) in [5.41, 5.74) is 1.73. The third kappa shape index (κ3) is 5.24. The van der Waals surface area contributed by atoms with Crippen molar-refractivity contribution in [2.45, 2.75) is 120 Å². The monoisotopic (exact) mass is 352 g/mol. The molecule has 1 saturated heterocycles. The largest absolute Gasteiger partial charge is 0.317 e. The molecule has 1 heteroatoms. The average molecular weight is 353 g/mol. The van der Waals surface area contributed by atoms with Crippen LogP contribution >= 0.6 is 0 Å². The summed E-state index contributed by atoms with van der Waals surface area (Å²) in [4.78, 5) is 0. The highest BCUT2D eigenvalue weighted by Gasteiger charge is 2.55. The van der Waals surface area contributed by atoms with Crippen molar-refractivity contribution in [3.8, 4) is 0 Å². The Kier molecular flexibility index (Phi) is 6.01. The zero-order valence-electron chi connectivity index (χ0n) is 20.1. The Bertz CT molecular complexity index is 445. The molecule has 25 heavy (non-hydrogen) atoms. The quantitative estimate of drug-likeness (QED) is 0.457. The Hall–Kier alpha value is -0.0400. The molecular weight excluding hydrogens is 302 g/mol. The maximum Gasteiger partial charge on any atom is 0.0942 e. The van der Waals surface area contributed by atoms with Gasteiger partial charge in [-0.05, 0) is 62.7 Å². The molecule has 150 valence electrons. The molecule has 1 aliphatic rings. The van der Waals surface area contributed by atoms with Crippen molar-refractivity contribution in [1.82, 2.24) is 0 Å². The average Bonchev–Trinajstić information content (AvgIpc) is 2.26. The number of nitrogens with zero attached hydrogens (tertiary/aromatic N) is 1. The van der Waals surface area contributed by atoms with Gasteiger partial charge in [-0.25, -0.2) is 0 Å². The van der Waals surface area contributed by atoms with Crippen molar-refractivity contribution in [3.63, 3.8) is 0 Å². The molecule has 1 heterocycles. The van der Waals surface area contributed by atoms with E-state index in [2.05, 4.69) is 90.1 Å². The first-order valence-electron chi connectivity index (χ1n) is 10.6. The second-order valence-electron chi connectivity index (χ2n) is 13.7. The number of rotatable bonds is 2. The van der Waals surface area contributed by atoms with Crippen molar-refractivity contribution < 1.29 is 4.48 Å². The molecule has 0 aromatic rings. The smallest absolute Gasteiger partial charge is 0.0942 e. The molecule has 0 N–H and O–H groups in total. The summed E-state index contributed by atoms with van der Waals surface area (Å²) in [5.74, 6) is 0.807. The van der Waals surface area contributed by atoms with Crippen LogP contribution in [0.4, 0.5) is 0 Å². The van der Waals surface area contributed by atoms with E-state index in [0.29, 0.717) is 21.8 Å². The van der Waals surface area contributed by atoms with Gasteiger partial charge in [-0.3, -0.25) is 0 Å². The Labute approximate surface area is 160 Å². The zero-order valence-corrected chi connectivity index (χ0v) is 20.1. The summed E-state index contributed by atoms with van der Waals surface area (Å²) in [6.45, 7) is 31.0. The highest BCUT2D eigenvalue weighted by atomic mass is 15.4. The normalized spacial score (nSPS) is 31.3. The van der Waals surface area contributed by atoms with Crippen LogP contribution in [0.3, 0.4) is 0 Å². The molecule has 0 aromatic heterocycles. The second-order valence-corrected chi connectivity index (χ2v) is 13.7. The number of quaternary nitrogens is 1. The van der Waals surface area contributed by atoms with E-state index in [1.807, 2.05) is 0 Å². The predicted octanol–water partition coefficient (Wildman–Crippen LogP) is 7.30. The van der Waals surface area contributed by atoms with Crippen LogP contribution in [-0.4, -0.2) is 29.2 Å². The van der Waals surface area contributed by atoms with E-state index < -0.39 is 0 Å². The van der Waals surface area contributed by atoms with E-state index >= 15 is 0 Å². The van der Waals surface area contributed by atoms with Crippen molar-refractivity contribution >= 4 is 0 Å². The molecule has 2 unspecified atom stereocenters. The van der Waals surface area contributed by atoms with Gasteiger partial charge in [-0.1, -0.05) is 55.4 Å². The van der Waals surface area contributed by atoms with Gasteiger partial charge in [0.05, 0.1) is 24.7 Å². The first kappa shape index (κ1) is 23.0. The Morgan fingerprint density at radius 2 is 1.36 bits per heavy atom. The van der Waals surface area contributed by atoms with Crippen LogP contribution in [0.1, 0.15) is 109 Å². The Morgan fingerprint density at radius 1 is 0.880 bits per heavy atom. The third-order valence-electron chi connectivity index (χ3n) is 7.49. The van der Waals surface area contributed by atoms with E-state index in [0.717, 1.165) is 5.92 Å². The summed E-state index contributed by atoms with van der Waals surface area (Å²) < 4.78 is 1.19. The second kappa shape index (κ2) is 6.54. The minimum atomic E-state index is 0.275. The van der Waals surface area contributed by atoms with Crippen molar-refractivity contribution in [3.05, 3.63) is 0 Å². The van der Waals surface area contributed by atoms with Crippen LogP contribution in [0.15, 0.2) is 0 Å². The van der Waals surface area contributed by atoms with Gasteiger partial charge in [-0.15, -0.1) is 0 Å². The molecule has 1 rings (SSSR count). The molecule has 0 amide bonds. The first-order chi connectivity index (χ1) is 10.7. The van der Waals surface area contributed by atoms with Crippen LogP contribution in [-0.2, 0) is 0 Å². The van der Waals surface area contributed by atoms with Crippen LogP contribution in [0.5, 0.6) is 0 Å². The minimum absolute atomic E-state index is 0.275. The fourth-order valence-electron chi connectivity index (χ4n) is 6.24. The van der Waals surface area contributed by atoms with Crippen LogP contribution in [0.2, 0.25) is 0 Å². The first-order valence-corrected chi connectivity index (χ1v) is 10.6. The number of hydrogen-bond acceptors (Lipinski definition) is 0. The lowest BCUT2D eigenvalue weighted by atomic mass is 9.63. The maximum atomic E-state index is 2.56. The van der Waals surface area contributed by atoms with E-state index in [9.17, 15) is 0 Å². The zero-order chi connectivity index (χ0) is 20.1. The van der Waals surface area contributed by atoms with Gasteiger partial charge in [0.1, 0.15) is 0 Å². The minimum Gasteiger partial charge on any atom is -0.317 e. The molecule has 0 aromatic carbocycles. The van der Waals surface area contributed by atoms with E-state index in [1.165, 1.54) is 36.7 Å². The fourth-order valence-corrected chi connectivity index (χ4v) is 6.24. The molecule has 0 saturated carbocycles. The van der Waals surface area contributed by atoms with Crippen LogP contribution in [0.25, 0.3) is 0 Å². The fraction of sp³-hybridized carbons (Fsp3) is 1.00. The van der Waals surface area contributed by atoms with Crippen molar-refractivity contribution in [2.24, 2.45) is 22.2 Å². The summed E-state index contributed by atoms with van der Waals surface area (Å²) in [6.07, 6.45) is 5.28. The van der Waals surface area contributed by atoms with Gasteiger partial charge in [0, 0.05) is 12.8 Å².